The maximum atomic E-state index is 13.6. The van der Waals surface area contributed by atoms with Gasteiger partial charge in [0.2, 0.25) is 5.91 Å². The minimum atomic E-state index is -0.845. The highest BCUT2D eigenvalue weighted by molar-refractivity contribution is 5.93. The van der Waals surface area contributed by atoms with Gasteiger partial charge in [0.05, 0.1) is 0 Å². The fourth-order valence-corrected chi connectivity index (χ4v) is 2.12. The van der Waals surface area contributed by atoms with Gasteiger partial charge >= 0.3 is 6.03 Å². The molecule has 6 heteroatoms. The standard InChI is InChI=1S/C14H18FN3O2/c15-12-4-2-1-3-10(12)9-18(11-5-6-11)8-7-13(19)17-14(16)20/h1-4,11H,5-9H2,(H3,16,17,19,20). The lowest BCUT2D eigenvalue weighted by Gasteiger charge is -2.21. The third kappa shape index (κ3) is 4.31. The number of hydrogen-bond donors (Lipinski definition) is 2. The van der Waals surface area contributed by atoms with Gasteiger partial charge in [0, 0.05) is 31.1 Å². The maximum absolute atomic E-state index is 13.6. The summed E-state index contributed by atoms with van der Waals surface area (Å²) in [6.07, 6.45) is 2.30. The highest BCUT2D eigenvalue weighted by atomic mass is 19.1. The van der Waals surface area contributed by atoms with E-state index < -0.39 is 11.9 Å². The molecule has 0 heterocycles. The van der Waals surface area contributed by atoms with Crippen LogP contribution in [0, 0.1) is 5.82 Å². The van der Waals surface area contributed by atoms with Crippen LogP contribution in [0.3, 0.4) is 0 Å². The molecule has 1 aliphatic rings. The smallest absolute Gasteiger partial charge is 0.318 e. The number of imide groups is 1. The fourth-order valence-electron chi connectivity index (χ4n) is 2.12. The molecule has 5 nitrogen and oxygen atoms in total. The summed E-state index contributed by atoms with van der Waals surface area (Å²) in [5, 5.41) is 2.03. The van der Waals surface area contributed by atoms with Crippen molar-refractivity contribution in [3.8, 4) is 0 Å². The average molecular weight is 279 g/mol. The van der Waals surface area contributed by atoms with Gasteiger partial charge in [-0.3, -0.25) is 15.0 Å². The number of urea groups is 1. The first-order valence-electron chi connectivity index (χ1n) is 6.63. The zero-order valence-electron chi connectivity index (χ0n) is 11.1. The molecule has 0 spiro atoms. The van der Waals surface area contributed by atoms with Gasteiger partial charge in [-0.15, -0.1) is 0 Å². The summed E-state index contributed by atoms with van der Waals surface area (Å²) in [6.45, 7) is 0.958. The first-order chi connectivity index (χ1) is 9.56. The molecule has 1 saturated carbocycles. The molecule has 0 aliphatic heterocycles. The molecule has 0 radical (unpaired) electrons. The van der Waals surface area contributed by atoms with E-state index in [2.05, 4.69) is 4.90 Å². The lowest BCUT2D eigenvalue weighted by Crippen LogP contribution is -2.37. The van der Waals surface area contributed by atoms with E-state index in [1.165, 1.54) is 6.07 Å². The van der Waals surface area contributed by atoms with Crippen molar-refractivity contribution >= 4 is 11.9 Å². The van der Waals surface area contributed by atoms with Gasteiger partial charge < -0.3 is 5.73 Å². The van der Waals surface area contributed by atoms with Crippen molar-refractivity contribution in [2.45, 2.75) is 31.8 Å². The van der Waals surface area contributed by atoms with E-state index in [-0.39, 0.29) is 12.2 Å². The largest absolute Gasteiger partial charge is 0.351 e. The number of nitrogens with two attached hydrogens (primary N) is 1. The van der Waals surface area contributed by atoms with Crippen molar-refractivity contribution in [1.82, 2.24) is 10.2 Å². The number of halogens is 1. The van der Waals surface area contributed by atoms with Crippen molar-refractivity contribution in [3.05, 3.63) is 35.6 Å². The number of nitrogens with one attached hydrogen (secondary N) is 1. The Kier molecular flexibility index (Phi) is 4.68. The van der Waals surface area contributed by atoms with E-state index >= 15 is 0 Å². The Morgan fingerprint density at radius 1 is 1.35 bits per heavy atom. The van der Waals surface area contributed by atoms with Gasteiger partial charge in [-0.25, -0.2) is 9.18 Å². The van der Waals surface area contributed by atoms with Crippen LogP contribution in [0.4, 0.5) is 9.18 Å². The van der Waals surface area contributed by atoms with Crippen molar-refractivity contribution in [1.29, 1.82) is 0 Å². The molecule has 3 amide bonds. The summed E-state index contributed by atoms with van der Waals surface area (Å²) in [6, 6.07) is 6.18. The van der Waals surface area contributed by atoms with Crippen LogP contribution in [-0.4, -0.2) is 29.4 Å². The summed E-state index contributed by atoms with van der Waals surface area (Å²) in [5.74, 6) is -0.642. The maximum Gasteiger partial charge on any atom is 0.318 e. The van der Waals surface area contributed by atoms with Crippen LogP contribution in [0.1, 0.15) is 24.8 Å². The summed E-state index contributed by atoms with van der Waals surface area (Å²) in [7, 11) is 0. The Labute approximate surface area is 116 Å². The molecule has 0 aromatic heterocycles. The molecule has 0 unspecified atom stereocenters. The molecule has 0 saturated heterocycles. The van der Waals surface area contributed by atoms with Crippen LogP contribution in [-0.2, 0) is 11.3 Å². The van der Waals surface area contributed by atoms with E-state index in [4.69, 9.17) is 5.73 Å². The van der Waals surface area contributed by atoms with Crippen LogP contribution < -0.4 is 11.1 Å². The predicted molar refractivity (Wildman–Crippen MR) is 72.2 cm³/mol. The van der Waals surface area contributed by atoms with E-state index in [9.17, 15) is 14.0 Å². The SMILES string of the molecule is NC(=O)NC(=O)CCN(Cc1ccccc1F)C1CC1. The molecule has 1 aliphatic carbocycles. The van der Waals surface area contributed by atoms with Crippen LogP contribution >= 0.6 is 0 Å². The lowest BCUT2D eigenvalue weighted by molar-refractivity contribution is -0.120. The first-order valence-corrected chi connectivity index (χ1v) is 6.63. The van der Waals surface area contributed by atoms with Crippen LogP contribution in [0.5, 0.6) is 0 Å². The molecule has 0 atom stereocenters. The molecule has 1 aromatic carbocycles. The Morgan fingerprint density at radius 3 is 2.65 bits per heavy atom. The highest BCUT2D eigenvalue weighted by Crippen LogP contribution is 2.28. The van der Waals surface area contributed by atoms with Crippen molar-refractivity contribution < 1.29 is 14.0 Å². The number of carbonyl (C=O) groups is 2. The molecule has 108 valence electrons. The zero-order chi connectivity index (χ0) is 14.5. The minimum Gasteiger partial charge on any atom is -0.351 e. The van der Waals surface area contributed by atoms with Gasteiger partial charge in [-0.2, -0.15) is 0 Å². The first kappa shape index (κ1) is 14.5. The average Bonchev–Trinajstić information content (AvgIpc) is 3.20. The minimum absolute atomic E-state index is 0.174. The lowest BCUT2D eigenvalue weighted by atomic mass is 10.2. The quantitative estimate of drug-likeness (QED) is 0.826. The van der Waals surface area contributed by atoms with E-state index in [1.807, 2.05) is 5.32 Å². The summed E-state index contributed by atoms with van der Waals surface area (Å²) < 4.78 is 13.6. The van der Waals surface area contributed by atoms with Crippen LogP contribution in [0.25, 0.3) is 0 Å². The Hall–Kier alpha value is -1.95. The van der Waals surface area contributed by atoms with Crippen molar-refractivity contribution in [2.75, 3.05) is 6.54 Å². The summed E-state index contributed by atoms with van der Waals surface area (Å²) in [5.41, 5.74) is 5.50. The van der Waals surface area contributed by atoms with Gasteiger partial charge in [0.15, 0.2) is 0 Å². The third-order valence-electron chi connectivity index (χ3n) is 3.28. The van der Waals surface area contributed by atoms with E-state index in [1.54, 1.807) is 18.2 Å². The fraction of sp³-hybridized carbons (Fsp3) is 0.429. The number of nitrogens with zero attached hydrogens (tertiary/aromatic N) is 1. The van der Waals surface area contributed by atoms with Gasteiger partial charge in [0.1, 0.15) is 5.82 Å². The zero-order valence-corrected chi connectivity index (χ0v) is 11.1. The Bertz CT molecular complexity index is 503. The molecule has 1 aromatic rings. The normalized spacial score (nSPS) is 14.3. The highest BCUT2D eigenvalue weighted by Gasteiger charge is 2.29. The van der Waals surface area contributed by atoms with Gasteiger partial charge in [-0.05, 0) is 18.9 Å². The number of hydrogen-bond acceptors (Lipinski definition) is 3. The second-order valence-electron chi connectivity index (χ2n) is 4.96. The molecule has 0 bridgehead atoms. The summed E-state index contributed by atoms with van der Waals surface area (Å²) in [4.78, 5) is 24.0. The predicted octanol–water partition coefficient (Wildman–Crippen LogP) is 1.38. The second kappa shape index (κ2) is 6.47. The topological polar surface area (TPSA) is 75.4 Å². The Morgan fingerprint density at radius 2 is 2.05 bits per heavy atom. The third-order valence-corrected chi connectivity index (χ3v) is 3.28. The van der Waals surface area contributed by atoms with E-state index in [0.717, 1.165) is 12.8 Å². The molecule has 3 N–H and O–H groups in total. The molecule has 2 rings (SSSR count). The number of amides is 3. The molecule has 1 fully saturated rings. The number of carbonyl (C=O) groups excluding carboxylic acids is 2. The van der Waals surface area contributed by atoms with Crippen molar-refractivity contribution in [3.63, 3.8) is 0 Å². The van der Waals surface area contributed by atoms with Crippen molar-refractivity contribution in [2.24, 2.45) is 5.73 Å². The molecule has 20 heavy (non-hydrogen) atoms. The van der Waals surface area contributed by atoms with E-state index in [0.29, 0.717) is 24.7 Å². The number of rotatable bonds is 6. The van der Waals surface area contributed by atoms with Crippen LogP contribution in [0.2, 0.25) is 0 Å². The second-order valence-corrected chi connectivity index (χ2v) is 4.96. The number of primary amides is 1. The Balaban J connectivity index is 1.90. The van der Waals surface area contributed by atoms with Gasteiger partial charge in [-0.1, -0.05) is 18.2 Å². The summed E-state index contributed by atoms with van der Waals surface area (Å²) >= 11 is 0. The number of benzene rings is 1. The van der Waals surface area contributed by atoms with Crippen LogP contribution in [0.15, 0.2) is 24.3 Å². The monoisotopic (exact) mass is 279 g/mol. The molecular weight excluding hydrogens is 261 g/mol. The molecular formula is C14H18FN3O2. The van der Waals surface area contributed by atoms with Gasteiger partial charge in [0.25, 0.3) is 0 Å².